The van der Waals surface area contributed by atoms with Crippen molar-refractivity contribution in [2.45, 2.75) is 0 Å². The zero-order chi connectivity index (χ0) is 17.7. The molecule has 1 aliphatic heterocycles. The van der Waals surface area contributed by atoms with Gasteiger partial charge in [0.1, 0.15) is 5.82 Å². The van der Waals surface area contributed by atoms with Gasteiger partial charge in [-0.05, 0) is 24.3 Å². The molecular formula is C20H15ClN2O2S. The summed E-state index contributed by atoms with van der Waals surface area (Å²) in [6.07, 6.45) is 0. The average molecular weight is 383 g/mol. The third-order valence-electron chi connectivity index (χ3n) is 4.77. The summed E-state index contributed by atoms with van der Waals surface area (Å²) < 4.78 is 7.35. The molecule has 0 aliphatic carbocycles. The number of pyridine rings is 1. The fourth-order valence-corrected chi connectivity index (χ4v) is 4.87. The Bertz CT molecular complexity index is 1220. The zero-order valence-corrected chi connectivity index (χ0v) is 15.4. The Morgan fingerprint density at radius 2 is 1.88 bits per heavy atom. The number of benzene rings is 2. The molecule has 1 aliphatic rings. The number of para-hydroxylation sites is 1. The van der Waals surface area contributed by atoms with Gasteiger partial charge in [0.05, 0.1) is 28.8 Å². The first kappa shape index (κ1) is 16.0. The van der Waals surface area contributed by atoms with Crippen LogP contribution in [0.5, 0.6) is 0 Å². The molecule has 5 rings (SSSR count). The van der Waals surface area contributed by atoms with Crippen LogP contribution in [0, 0.1) is 0 Å². The quantitative estimate of drug-likeness (QED) is 0.360. The molecule has 1 saturated heterocycles. The minimum Gasteiger partial charge on any atom is -0.378 e. The van der Waals surface area contributed by atoms with Crippen molar-refractivity contribution in [3.63, 3.8) is 0 Å². The van der Waals surface area contributed by atoms with Crippen LogP contribution in [0.25, 0.3) is 31.1 Å². The second-order valence-electron chi connectivity index (χ2n) is 6.33. The molecule has 3 heterocycles. The smallest absolute Gasteiger partial charge is 0.196 e. The van der Waals surface area contributed by atoms with E-state index in [4.69, 9.17) is 21.3 Å². The van der Waals surface area contributed by atoms with E-state index in [1.54, 1.807) is 17.4 Å². The van der Waals surface area contributed by atoms with E-state index in [0.717, 1.165) is 44.6 Å². The number of ether oxygens (including phenoxy) is 1. The molecule has 0 saturated carbocycles. The van der Waals surface area contributed by atoms with E-state index in [2.05, 4.69) is 4.90 Å². The number of fused-ring (bicyclic) bond motifs is 4. The molecular weight excluding hydrogens is 368 g/mol. The number of rotatable bonds is 1. The van der Waals surface area contributed by atoms with E-state index in [9.17, 15) is 4.79 Å². The lowest BCUT2D eigenvalue weighted by atomic mass is 10.1. The first-order valence-electron chi connectivity index (χ1n) is 8.50. The van der Waals surface area contributed by atoms with Crippen molar-refractivity contribution in [1.82, 2.24) is 4.98 Å². The lowest BCUT2D eigenvalue weighted by Gasteiger charge is -2.28. The van der Waals surface area contributed by atoms with Gasteiger partial charge in [0.15, 0.2) is 5.43 Å². The van der Waals surface area contributed by atoms with E-state index in [0.29, 0.717) is 23.6 Å². The molecule has 0 N–H and O–H groups in total. The van der Waals surface area contributed by atoms with E-state index >= 15 is 0 Å². The fourth-order valence-electron chi connectivity index (χ4n) is 3.51. The average Bonchev–Trinajstić information content (AvgIpc) is 2.68. The molecule has 26 heavy (non-hydrogen) atoms. The fraction of sp³-hybridized carbons (Fsp3) is 0.200. The predicted molar refractivity (Wildman–Crippen MR) is 109 cm³/mol. The van der Waals surface area contributed by atoms with Crippen molar-refractivity contribution >= 4 is 59.8 Å². The van der Waals surface area contributed by atoms with Gasteiger partial charge in [0, 0.05) is 33.6 Å². The topological polar surface area (TPSA) is 42.4 Å². The van der Waals surface area contributed by atoms with Crippen molar-refractivity contribution in [2.75, 3.05) is 31.2 Å². The highest BCUT2D eigenvalue weighted by molar-refractivity contribution is 7.25. The minimum absolute atomic E-state index is 0.0179. The van der Waals surface area contributed by atoms with Crippen LogP contribution in [0.2, 0.25) is 5.02 Å². The van der Waals surface area contributed by atoms with E-state index in [-0.39, 0.29) is 5.43 Å². The van der Waals surface area contributed by atoms with Crippen LogP contribution in [-0.4, -0.2) is 31.3 Å². The molecule has 0 amide bonds. The molecule has 2 aromatic heterocycles. The Morgan fingerprint density at radius 3 is 2.73 bits per heavy atom. The molecule has 0 unspecified atom stereocenters. The predicted octanol–water partition coefficient (Wildman–Crippen LogP) is 4.45. The van der Waals surface area contributed by atoms with Crippen LogP contribution >= 0.6 is 22.9 Å². The van der Waals surface area contributed by atoms with Crippen molar-refractivity contribution < 1.29 is 4.74 Å². The molecule has 2 aromatic carbocycles. The van der Waals surface area contributed by atoms with E-state index < -0.39 is 0 Å². The molecule has 0 bridgehead atoms. The molecule has 0 spiro atoms. The number of morpholine rings is 1. The zero-order valence-electron chi connectivity index (χ0n) is 13.9. The van der Waals surface area contributed by atoms with Crippen LogP contribution in [0.4, 0.5) is 5.82 Å². The molecule has 6 heteroatoms. The first-order valence-corrected chi connectivity index (χ1v) is 9.69. The van der Waals surface area contributed by atoms with Gasteiger partial charge in [-0.1, -0.05) is 29.8 Å². The summed E-state index contributed by atoms with van der Waals surface area (Å²) >= 11 is 7.75. The van der Waals surface area contributed by atoms with Gasteiger partial charge >= 0.3 is 0 Å². The van der Waals surface area contributed by atoms with E-state index in [1.807, 2.05) is 36.4 Å². The second kappa shape index (κ2) is 6.20. The van der Waals surface area contributed by atoms with Crippen molar-refractivity contribution in [1.29, 1.82) is 0 Å². The molecule has 4 nitrogen and oxygen atoms in total. The van der Waals surface area contributed by atoms with Crippen LogP contribution in [0.3, 0.4) is 0 Å². The summed E-state index contributed by atoms with van der Waals surface area (Å²) in [5.74, 6) is 0.876. The molecule has 0 radical (unpaired) electrons. The van der Waals surface area contributed by atoms with Gasteiger partial charge in [-0.2, -0.15) is 0 Å². The number of hydrogen-bond acceptors (Lipinski definition) is 5. The maximum Gasteiger partial charge on any atom is 0.196 e. The van der Waals surface area contributed by atoms with E-state index in [1.165, 1.54) is 0 Å². The Hall–Kier alpha value is -2.21. The maximum absolute atomic E-state index is 13.4. The largest absolute Gasteiger partial charge is 0.378 e. The number of hydrogen-bond donors (Lipinski definition) is 0. The first-order chi connectivity index (χ1) is 12.7. The summed E-state index contributed by atoms with van der Waals surface area (Å²) in [4.78, 5) is 20.5. The lowest BCUT2D eigenvalue weighted by molar-refractivity contribution is 0.122. The van der Waals surface area contributed by atoms with Gasteiger partial charge in [0.25, 0.3) is 0 Å². The summed E-state index contributed by atoms with van der Waals surface area (Å²) in [6.45, 7) is 2.90. The Labute approximate surface area is 158 Å². The number of nitrogens with zero attached hydrogens (tertiary/aromatic N) is 2. The lowest BCUT2D eigenvalue weighted by Crippen LogP contribution is -2.37. The van der Waals surface area contributed by atoms with Gasteiger partial charge in [-0.3, -0.25) is 4.79 Å². The monoisotopic (exact) mass is 382 g/mol. The number of anilines is 1. The Balaban J connectivity index is 1.96. The standard InChI is InChI=1S/C20H15ClN2O2S/c21-12-5-6-16-14(11-12)18(24)17-13-3-1-2-4-15(13)22-20(19(17)26-16)23-7-9-25-10-8-23/h1-6,11H,7-10H2. The number of halogens is 1. The van der Waals surface area contributed by atoms with Crippen LogP contribution in [0.15, 0.2) is 47.3 Å². The summed E-state index contributed by atoms with van der Waals surface area (Å²) in [5.41, 5.74) is 0.858. The summed E-state index contributed by atoms with van der Waals surface area (Å²) in [5, 5.41) is 2.87. The molecule has 0 atom stereocenters. The van der Waals surface area contributed by atoms with Crippen LogP contribution in [0.1, 0.15) is 0 Å². The molecule has 130 valence electrons. The van der Waals surface area contributed by atoms with Crippen molar-refractivity contribution in [3.05, 3.63) is 57.7 Å². The van der Waals surface area contributed by atoms with Gasteiger partial charge in [-0.15, -0.1) is 11.3 Å². The van der Waals surface area contributed by atoms with Gasteiger partial charge in [-0.25, -0.2) is 4.98 Å². The Kier molecular flexibility index (Phi) is 3.81. The Morgan fingerprint density at radius 1 is 1.08 bits per heavy atom. The second-order valence-corrected chi connectivity index (χ2v) is 7.82. The number of aromatic nitrogens is 1. The third kappa shape index (κ3) is 2.47. The highest BCUT2D eigenvalue weighted by Gasteiger charge is 2.20. The normalized spacial score (nSPS) is 15.2. The minimum atomic E-state index is 0.0179. The van der Waals surface area contributed by atoms with Crippen molar-refractivity contribution in [3.8, 4) is 0 Å². The highest BCUT2D eigenvalue weighted by atomic mass is 35.5. The van der Waals surface area contributed by atoms with Crippen LogP contribution in [-0.2, 0) is 4.74 Å². The molecule has 4 aromatic rings. The maximum atomic E-state index is 13.4. The van der Waals surface area contributed by atoms with Gasteiger partial charge in [0.2, 0.25) is 0 Å². The summed E-state index contributed by atoms with van der Waals surface area (Å²) in [7, 11) is 0. The third-order valence-corrected chi connectivity index (χ3v) is 6.17. The highest BCUT2D eigenvalue weighted by Crippen LogP contribution is 2.36. The van der Waals surface area contributed by atoms with Crippen LogP contribution < -0.4 is 10.3 Å². The molecule has 1 fully saturated rings. The summed E-state index contributed by atoms with van der Waals surface area (Å²) in [6, 6.07) is 13.3. The van der Waals surface area contributed by atoms with Gasteiger partial charge < -0.3 is 9.64 Å². The van der Waals surface area contributed by atoms with Crippen molar-refractivity contribution in [2.24, 2.45) is 0 Å². The SMILES string of the molecule is O=c1c2cc(Cl)ccc2sc2c(N3CCOCC3)nc3ccccc3c12.